The normalized spacial score (nSPS) is 11.4. The van der Waals surface area contributed by atoms with Crippen LogP contribution < -0.4 is 5.32 Å². The third kappa shape index (κ3) is 4.57. The molecule has 0 aliphatic rings. The van der Waals surface area contributed by atoms with Crippen molar-refractivity contribution < 1.29 is 0 Å². The molecule has 0 fully saturated rings. The summed E-state index contributed by atoms with van der Waals surface area (Å²) in [5.74, 6) is 0. The summed E-state index contributed by atoms with van der Waals surface area (Å²) < 4.78 is 0. The number of benzene rings is 2. The van der Waals surface area contributed by atoms with Crippen LogP contribution in [0.1, 0.15) is 43.0 Å². The van der Waals surface area contributed by atoms with Crippen molar-refractivity contribution in [3.8, 4) is 0 Å². The molecule has 0 aliphatic heterocycles. The zero-order valence-electron chi connectivity index (χ0n) is 14.0. The van der Waals surface area contributed by atoms with E-state index in [0.717, 1.165) is 19.5 Å². The van der Waals surface area contributed by atoms with Crippen LogP contribution in [0.5, 0.6) is 0 Å². The molecule has 0 spiro atoms. The van der Waals surface area contributed by atoms with Crippen molar-refractivity contribution >= 4 is 6.08 Å². The van der Waals surface area contributed by atoms with Gasteiger partial charge in [-0.3, -0.25) is 0 Å². The van der Waals surface area contributed by atoms with Crippen molar-refractivity contribution in [1.82, 2.24) is 5.32 Å². The summed E-state index contributed by atoms with van der Waals surface area (Å²) >= 11 is 0. The Labute approximate surface area is 135 Å². The highest BCUT2D eigenvalue weighted by molar-refractivity contribution is 5.47. The Morgan fingerprint density at radius 1 is 1.00 bits per heavy atom. The van der Waals surface area contributed by atoms with E-state index in [1.165, 1.54) is 22.3 Å². The SMILES string of the molecule is C=Cc1ccc(CCNCc2ccccc2C(C)(C)C)cc1. The monoisotopic (exact) mass is 293 g/mol. The van der Waals surface area contributed by atoms with Crippen LogP contribution in [0.25, 0.3) is 6.08 Å². The molecule has 22 heavy (non-hydrogen) atoms. The fraction of sp³-hybridized carbons (Fsp3) is 0.333. The number of hydrogen-bond acceptors (Lipinski definition) is 1. The Hall–Kier alpha value is -1.86. The van der Waals surface area contributed by atoms with Crippen LogP contribution in [0.3, 0.4) is 0 Å². The Morgan fingerprint density at radius 2 is 1.68 bits per heavy atom. The second-order valence-electron chi connectivity index (χ2n) is 6.78. The van der Waals surface area contributed by atoms with Gasteiger partial charge >= 0.3 is 0 Å². The third-order valence-electron chi connectivity index (χ3n) is 3.95. The van der Waals surface area contributed by atoms with Crippen molar-refractivity contribution in [2.45, 2.75) is 39.2 Å². The minimum Gasteiger partial charge on any atom is -0.312 e. The Bertz CT molecular complexity index is 603. The third-order valence-corrected chi connectivity index (χ3v) is 3.95. The summed E-state index contributed by atoms with van der Waals surface area (Å²) in [6.07, 6.45) is 2.93. The van der Waals surface area contributed by atoms with Crippen molar-refractivity contribution in [2.75, 3.05) is 6.54 Å². The molecule has 2 rings (SSSR count). The van der Waals surface area contributed by atoms with E-state index in [2.05, 4.69) is 81.2 Å². The maximum Gasteiger partial charge on any atom is 0.0208 e. The molecule has 0 bridgehead atoms. The lowest BCUT2D eigenvalue weighted by Crippen LogP contribution is -2.21. The van der Waals surface area contributed by atoms with Gasteiger partial charge in [-0.15, -0.1) is 0 Å². The number of hydrogen-bond donors (Lipinski definition) is 1. The van der Waals surface area contributed by atoms with Gasteiger partial charge in [0.1, 0.15) is 0 Å². The summed E-state index contributed by atoms with van der Waals surface area (Å²) in [6.45, 7) is 12.5. The van der Waals surface area contributed by atoms with Crippen LogP contribution in [0, 0.1) is 0 Å². The molecule has 0 aliphatic carbocycles. The molecular formula is C21H27N. The predicted molar refractivity (Wildman–Crippen MR) is 97.1 cm³/mol. The molecule has 0 amide bonds. The van der Waals surface area contributed by atoms with Crippen molar-refractivity contribution in [2.24, 2.45) is 0 Å². The lowest BCUT2D eigenvalue weighted by atomic mass is 9.84. The molecular weight excluding hydrogens is 266 g/mol. The molecule has 1 nitrogen and oxygen atoms in total. The van der Waals surface area contributed by atoms with Gasteiger partial charge < -0.3 is 5.32 Å². The Balaban J connectivity index is 1.87. The maximum atomic E-state index is 3.79. The van der Waals surface area contributed by atoms with Crippen molar-refractivity contribution in [3.05, 3.63) is 77.4 Å². The fourth-order valence-electron chi connectivity index (χ4n) is 2.68. The van der Waals surface area contributed by atoms with Crippen LogP contribution in [0.15, 0.2) is 55.1 Å². The van der Waals surface area contributed by atoms with Crippen LogP contribution in [0.2, 0.25) is 0 Å². The van der Waals surface area contributed by atoms with E-state index in [0.29, 0.717) is 0 Å². The molecule has 1 heteroatoms. The first-order valence-electron chi connectivity index (χ1n) is 8.01. The first-order valence-corrected chi connectivity index (χ1v) is 8.01. The largest absolute Gasteiger partial charge is 0.312 e. The smallest absolute Gasteiger partial charge is 0.0208 e. The summed E-state index contributed by atoms with van der Waals surface area (Å²) in [6, 6.07) is 17.3. The molecule has 0 radical (unpaired) electrons. The van der Waals surface area contributed by atoms with Crippen LogP contribution in [0.4, 0.5) is 0 Å². The van der Waals surface area contributed by atoms with E-state index in [9.17, 15) is 0 Å². The van der Waals surface area contributed by atoms with Crippen molar-refractivity contribution in [1.29, 1.82) is 0 Å². The lowest BCUT2D eigenvalue weighted by molar-refractivity contribution is 0.573. The van der Waals surface area contributed by atoms with Gasteiger partial charge in [0, 0.05) is 6.54 Å². The summed E-state index contributed by atoms with van der Waals surface area (Å²) in [5, 5.41) is 3.57. The van der Waals surface area contributed by atoms with E-state index in [1.807, 2.05) is 6.08 Å². The van der Waals surface area contributed by atoms with Crippen LogP contribution in [-0.4, -0.2) is 6.54 Å². The van der Waals surface area contributed by atoms with Gasteiger partial charge in [0.25, 0.3) is 0 Å². The maximum absolute atomic E-state index is 3.79. The van der Waals surface area contributed by atoms with E-state index in [4.69, 9.17) is 0 Å². The molecule has 116 valence electrons. The fourth-order valence-corrected chi connectivity index (χ4v) is 2.68. The summed E-state index contributed by atoms with van der Waals surface area (Å²) in [5.41, 5.74) is 5.56. The minimum absolute atomic E-state index is 0.193. The van der Waals surface area contributed by atoms with Crippen LogP contribution in [-0.2, 0) is 18.4 Å². The molecule has 0 saturated carbocycles. The highest BCUT2D eigenvalue weighted by Crippen LogP contribution is 2.25. The zero-order chi connectivity index (χ0) is 16.0. The molecule has 0 saturated heterocycles. The molecule has 0 atom stereocenters. The minimum atomic E-state index is 0.193. The first kappa shape index (κ1) is 16.5. The second-order valence-corrected chi connectivity index (χ2v) is 6.78. The molecule has 2 aromatic carbocycles. The van der Waals surface area contributed by atoms with Gasteiger partial charge in [-0.2, -0.15) is 0 Å². The molecule has 0 unspecified atom stereocenters. The highest BCUT2D eigenvalue weighted by Gasteiger charge is 2.16. The number of nitrogens with one attached hydrogen (secondary N) is 1. The van der Waals surface area contributed by atoms with Gasteiger partial charge in [0.05, 0.1) is 0 Å². The summed E-state index contributed by atoms with van der Waals surface area (Å²) in [7, 11) is 0. The molecule has 2 aromatic rings. The molecule has 0 aromatic heterocycles. The average Bonchev–Trinajstić information content (AvgIpc) is 2.51. The van der Waals surface area contributed by atoms with Crippen LogP contribution >= 0.6 is 0 Å². The Morgan fingerprint density at radius 3 is 2.32 bits per heavy atom. The van der Waals surface area contributed by atoms with E-state index < -0.39 is 0 Å². The second kappa shape index (κ2) is 7.42. The van der Waals surface area contributed by atoms with Gasteiger partial charge in [-0.05, 0) is 40.6 Å². The zero-order valence-corrected chi connectivity index (χ0v) is 14.0. The standard InChI is InChI=1S/C21H27N/c1-5-17-10-12-18(13-11-17)14-15-22-16-19-8-6-7-9-20(19)21(2,3)4/h5-13,22H,1,14-16H2,2-4H3. The van der Waals surface area contributed by atoms with Gasteiger partial charge in [0.2, 0.25) is 0 Å². The first-order chi connectivity index (χ1) is 10.5. The van der Waals surface area contributed by atoms with Crippen molar-refractivity contribution in [3.63, 3.8) is 0 Å². The molecule has 0 heterocycles. The predicted octanol–water partition coefficient (Wildman–Crippen LogP) is 4.96. The Kier molecular flexibility index (Phi) is 5.57. The van der Waals surface area contributed by atoms with Gasteiger partial charge in [-0.1, -0.05) is 82.0 Å². The lowest BCUT2D eigenvalue weighted by Gasteiger charge is -2.23. The van der Waals surface area contributed by atoms with E-state index in [1.54, 1.807) is 0 Å². The van der Waals surface area contributed by atoms with Gasteiger partial charge in [0.15, 0.2) is 0 Å². The van der Waals surface area contributed by atoms with Gasteiger partial charge in [-0.25, -0.2) is 0 Å². The number of rotatable bonds is 6. The summed E-state index contributed by atoms with van der Waals surface area (Å²) in [4.78, 5) is 0. The van der Waals surface area contributed by atoms with E-state index in [-0.39, 0.29) is 5.41 Å². The highest BCUT2D eigenvalue weighted by atomic mass is 14.8. The van der Waals surface area contributed by atoms with E-state index >= 15 is 0 Å². The topological polar surface area (TPSA) is 12.0 Å². The quantitative estimate of drug-likeness (QED) is 0.742. The average molecular weight is 293 g/mol. The molecule has 1 N–H and O–H groups in total.